The van der Waals surface area contributed by atoms with Crippen LogP contribution in [0.2, 0.25) is 0 Å². The van der Waals surface area contributed by atoms with Crippen molar-refractivity contribution in [1.29, 1.82) is 0 Å². The molecule has 0 amide bonds. The lowest BCUT2D eigenvalue weighted by Crippen LogP contribution is -2.28. The van der Waals surface area contributed by atoms with E-state index in [9.17, 15) is 5.11 Å². The Morgan fingerprint density at radius 1 is 1.00 bits per heavy atom. The van der Waals surface area contributed by atoms with Crippen LogP contribution >= 0.6 is 0 Å². The lowest BCUT2D eigenvalue weighted by molar-refractivity contribution is 0.282. The molecule has 138 valence electrons. The summed E-state index contributed by atoms with van der Waals surface area (Å²) in [6.07, 6.45) is 3.06. The third kappa shape index (κ3) is 4.35. The zero-order valence-corrected chi connectivity index (χ0v) is 15.4. The molecule has 2 heterocycles. The standard InChI is InChI=1S/C23H25N3O/c27-17-19-7-4-8-20(13-19)22-14-23-21(15-25-22)16-26(12-10-24-23)11-9-18-5-2-1-3-6-18/h1-8,13-15,24,27H,9-12,16-17H2. The fourth-order valence-corrected chi connectivity index (χ4v) is 3.55. The highest BCUT2D eigenvalue weighted by atomic mass is 16.3. The first kappa shape index (κ1) is 17.7. The van der Waals surface area contributed by atoms with E-state index in [0.29, 0.717) is 0 Å². The van der Waals surface area contributed by atoms with E-state index in [1.807, 2.05) is 30.5 Å². The third-order valence-corrected chi connectivity index (χ3v) is 5.09. The molecule has 0 fully saturated rings. The number of aliphatic hydroxyl groups is 1. The highest BCUT2D eigenvalue weighted by Crippen LogP contribution is 2.26. The van der Waals surface area contributed by atoms with Gasteiger partial charge in [0.05, 0.1) is 12.3 Å². The smallest absolute Gasteiger partial charge is 0.0722 e. The van der Waals surface area contributed by atoms with Crippen molar-refractivity contribution in [2.24, 2.45) is 0 Å². The second kappa shape index (κ2) is 8.33. The number of hydrogen-bond acceptors (Lipinski definition) is 4. The van der Waals surface area contributed by atoms with Crippen molar-refractivity contribution in [3.63, 3.8) is 0 Å². The van der Waals surface area contributed by atoms with Gasteiger partial charge in [-0.25, -0.2) is 0 Å². The fourth-order valence-electron chi connectivity index (χ4n) is 3.55. The minimum absolute atomic E-state index is 0.0490. The average molecular weight is 359 g/mol. The van der Waals surface area contributed by atoms with Crippen LogP contribution in [-0.2, 0) is 19.6 Å². The maximum absolute atomic E-state index is 9.36. The molecule has 27 heavy (non-hydrogen) atoms. The lowest BCUT2D eigenvalue weighted by atomic mass is 10.1. The Labute approximate surface area is 160 Å². The first-order chi connectivity index (χ1) is 13.3. The van der Waals surface area contributed by atoms with E-state index in [1.165, 1.54) is 11.1 Å². The molecule has 1 aliphatic rings. The van der Waals surface area contributed by atoms with Gasteiger partial charge < -0.3 is 10.4 Å². The molecular weight excluding hydrogens is 334 g/mol. The molecule has 1 aliphatic heterocycles. The number of rotatable bonds is 5. The molecule has 0 atom stereocenters. The monoisotopic (exact) mass is 359 g/mol. The number of fused-ring (bicyclic) bond motifs is 1. The zero-order chi connectivity index (χ0) is 18.5. The third-order valence-electron chi connectivity index (χ3n) is 5.09. The van der Waals surface area contributed by atoms with E-state index in [1.54, 1.807) is 0 Å². The van der Waals surface area contributed by atoms with E-state index < -0.39 is 0 Å². The molecule has 0 unspecified atom stereocenters. The molecule has 2 N–H and O–H groups in total. The molecule has 4 rings (SSSR count). The normalized spacial score (nSPS) is 14.3. The summed E-state index contributed by atoms with van der Waals surface area (Å²) >= 11 is 0. The predicted molar refractivity (Wildman–Crippen MR) is 110 cm³/mol. The minimum atomic E-state index is 0.0490. The molecule has 0 spiro atoms. The van der Waals surface area contributed by atoms with Crippen LogP contribution in [0, 0.1) is 0 Å². The second-order valence-corrected chi connectivity index (χ2v) is 7.02. The topological polar surface area (TPSA) is 48.4 Å². The van der Waals surface area contributed by atoms with E-state index in [-0.39, 0.29) is 6.61 Å². The molecule has 4 nitrogen and oxygen atoms in total. The summed E-state index contributed by atoms with van der Waals surface area (Å²) in [6, 6.07) is 20.7. The Morgan fingerprint density at radius 3 is 2.70 bits per heavy atom. The molecule has 0 aliphatic carbocycles. The Balaban J connectivity index is 1.48. The van der Waals surface area contributed by atoms with E-state index in [2.05, 4.69) is 51.6 Å². The van der Waals surface area contributed by atoms with Crippen molar-refractivity contribution < 1.29 is 5.11 Å². The van der Waals surface area contributed by atoms with Gasteiger partial charge in [0, 0.05) is 49.2 Å². The number of aliphatic hydroxyl groups excluding tert-OH is 1. The van der Waals surface area contributed by atoms with E-state index >= 15 is 0 Å². The van der Waals surface area contributed by atoms with Crippen LogP contribution in [0.3, 0.4) is 0 Å². The number of nitrogens with one attached hydrogen (secondary N) is 1. The predicted octanol–water partition coefficient (Wildman–Crippen LogP) is 3.71. The molecule has 0 bridgehead atoms. The van der Waals surface area contributed by atoms with Crippen LogP contribution in [0.5, 0.6) is 0 Å². The summed E-state index contributed by atoms with van der Waals surface area (Å²) in [5.74, 6) is 0. The van der Waals surface area contributed by atoms with Crippen molar-refractivity contribution in [3.8, 4) is 11.3 Å². The van der Waals surface area contributed by atoms with Gasteiger partial charge >= 0.3 is 0 Å². The van der Waals surface area contributed by atoms with Crippen LogP contribution in [0.25, 0.3) is 11.3 Å². The van der Waals surface area contributed by atoms with Gasteiger partial charge in [0.25, 0.3) is 0 Å². The van der Waals surface area contributed by atoms with Crippen molar-refractivity contribution in [3.05, 3.63) is 83.6 Å². The largest absolute Gasteiger partial charge is 0.392 e. The van der Waals surface area contributed by atoms with Crippen LogP contribution in [0.15, 0.2) is 66.9 Å². The number of anilines is 1. The highest BCUT2D eigenvalue weighted by molar-refractivity contribution is 5.66. The van der Waals surface area contributed by atoms with E-state index in [4.69, 9.17) is 0 Å². The summed E-state index contributed by atoms with van der Waals surface area (Å²) in [4.78, 5) is 7.17. The maximum atomic E-state index is 9.36. The van der Waals surface area contributed by atoms with Crippen molar-refractivity contribution >= 4 is 5.69 Å². The molecule has 0 radical (unpaired) electrons. The number of aromatic nitrogens is 1. The minimum Gasteiger partial charge on any atom is -0.392 e. The number of benzene rings is 2. The first-order valence-corrected chi connectivity index (χ1v) is 9.51. The molecule has 3 aromatic rings. The van der Waals surface area contributed by atoms with Crippen LogP contribution in [0.1, 0.15) is 16.7 Å². The first-order valence-electron chi connectivity index (χ1n) is 9.51. The van der Waals surface area contributed by atoms with Gasteiger partial charge in [-0.15, -0.1) is 0 Å². The van der Waals surface area contributed by atoms with Crippen LogP contribution in [-0.4, -0.2) is 34.6 Å². The van der Waals surface area contributed by atoms with Gasteiger partial charge in [-0.2, -0.15) is 0 Å². The lowest BCUT2D eigenvalue weighted by Gasteiger charge is -2.19. The Morgan fingerprint density at radius 2 is 1.85 bits per heavy atom. The van der Waals surface area contributed by atoms with Gasteiger partial charge in [0.15, 0.2) is 0 Å². The highest BCUT2D eigenvalue weighted by Gasteiger charge is 2.15. The van der Waals surface area contributed by atoms with Gasteiger partial charge in [-0.3, -0.25) is 9.88 Å². The molecule has 4 heteroatoms. The van der Waals surface area contributed by atoms with Gasteiger partial charge in [-0.05, 0) is 29.7 Å². The average Bonchev–Trinajstić information content (AvgIpc) is 2.94. The Kier molecular flexibility index (Phi) is 5.47. The van der Waals surface area contributed by atoms with Gasteiger partial charge in [-0.1, -0.05) is 48.5 Å². The molecular formula is C23H25N3O. The van der Waals surface area contributed by atoms with E-state index in [0.717, 1.165) is 55.1 Å². The Bertz CT molecular complexity index is 895. The Hall–Kier alpha value is -2.69. The number of nitrogens with zero attached hydrogens (tertiary/aromatic N) is 2. The number of pyridine rings is 1. The summed E-state index contributed by atoms with van der Waals surface area (Å²) in [5, 5.41) is 12.9. The number of hydrogen-bond donors (Lipinski definition) is 2. The fraction of sp³-hybridized carbons (Fsp3) is 0.261. The van der Waals surface area contributed by atoms with Crippen LogP contribution in [0.4, 0.5) is 5.69 Å². The zero-order valence-electron chi connectivity index (χ0n) is 15.4. The quantitative estimate of drug-likeness (QED) is 0.729. The summed E-state index contributed by atoms with van der Waals surface area (Å²) in [5.41, 5.74) is 6.67. The maximum Gasteiger partial charge on any atom is 0.0722 e. The molecule has 2 aromatic carbocycles. The van der Waals surface area contributed by atoms with Gasteiger partial charge in [0.2, 0.25) is 0 Å². The van der Waals surface area contributed by atoms with Crippen molar-refractivity contribution in [2.75, 3.05) is 25.0 Å². The summed E-state index contributed by atoms with van der Waals surface area (Å²) in [6.45, 7) is 3.97. The summed E-state index contributed by atoms with van der Waals surface area (Å²) in [7, 11) is 0. The SMILES string of the molecule is OCc1cccc(-c2cc3c(cn2)CN(CCc2ccccc2)CCN3)c1. The molecule has 1 aromatic heterocycles. The molecule has 0 saturated carbocycles. The second-order valence-electron chi connectivity index (χ2n) is 7.02. The molecule has 0 saturated heterocycles. The van der Waals surface area contributed by atoms with Gasteiger partial charge in [0.1, 0.15) is 0 Å². The van der Waals surface area contributed by atoms with Crippen molar-refractivity contribution in [2.45, 2.75) is 19.6 Å². The van der Waals surface area contributed by atoms with Crippen molar-refractivity contribution in [1.82, 2.24) is 9.88 Å². The summed E-state index contributed by atoms with van der Waals surface area (Å²) < 4.78 is 0. The van der Waals surface area contributed by atoms with Crippen LogP contribution < -0.4 is 5.32 Å².